The second kappa shape index (κ2) is 4.99. The van der Waals surface area contributed by atoms with E-state index in [4.69, 9.17) is 0 Å². The lowest BCUT2D eigenvalue weighted by Crippen LogP contribution is -2.49. The molecule has 0 N–H and O–H groups in total. The molecule has 1 rings (SSSR count). The van der Waals surface area contributed by atoms with Gasteiger partial charge in [0.1, 0.15) is 9.84 Å². The Kier molecular flexibility index (Phi) is 4.33. The average Bonchev–Trinajstić information content (AvgIpc) is 2.13. The summed E-state index contributed by atoms with van der Waals surface area (Å²) in [5, 5.41) is 0. The SMILES string of the molecule is CS(=O)(=O)CCN1CCN(S(C)(=O)=O)CC1. The Morgan fingerprint density at radius 3 is 1.81 bits per heavy atom. The first-order valence-electron chi connectivity index (χ1n) is 5.04. The summed E-state index contributed by atoms with van der Waals surface area (Å²) in [4.78, 5) is 1.97. The van der Waals surface area contributed by atoms with E-state index < -0.39 is 19.9 Å². The largest absolute Gasteiger partial charge is 0.300 e. The molecule has 8 heteroatoms. The first kappa shape index (κ1) is 13.9. The van der Waals surface area contributed by atoms with Crippen molar-refractivity contribution in [1.82, 2.24) is 9.21 Å². The van der Waals surface area contributed by atoms with E-state index in [-0.39, 0.29) is 5.75 Å². The van der Waals surface area contributed by atoms with E-state index in [1.807, 2.05) is 4.90 Å². The standard InChI is InChI=1S/C8H18N2O4S2/c1-15(11,12)8-7-9-3-5-10(6-4-9)16(2,13)14/h3-8H2,1-2H3. The lowest BCUT2D eigenvalue weighted by Gasteiger charge is -2.32. The van der Waals surface area contributed by atoms with E-state index in [1.165, 1.54) is 16.8 Å². The summed E-state index contributed by atoms with van der Waals surface area (Å²) in [5.74, 6) is 0.131. The molecular formula is C8H18N2O4S2. The summed E-state index contributed by atoms with van der Waals surface area (Å²) in [6.45, 7) is 2.58. The second-order valence-electron chi connectivity index (χ2n) is 4.13. The second-order valence-corrected chi connectivity index (χ2v) is 8.38. The van der Waals surface area contributed by atoms with Gasteiger partial charge in [0.15, 0.2) is 0 Å². The fraction of sp³-hybridized carbons (Fsp3) is 1.00. The molecule has 1 aliphatic rings. The van der Waals surface area contributed by atoms with E-state index >= 15 is 0 Å². The van der Waals surface area contributed by atoms with Gasteiger partial charge in [0.25, 0.3) is 0 Å². The van der Waals surface area contributed by atoms with Gasteiger partial charge < -0.3 is 0 Å². The Hall–Kier alpha value is -0.180. The molecule has 16 heavy (non-hydrogen) atoms. The summed E-state index contributed by atoms with van der Waals surface area (Å²) in [6, 6.07) is 0. The molecule has 0 aromatic heterocycles. The van der Waals surface area contributed by atoms with Crippen LogP contribution < -0.4 is 0 Å². The van der Waals surface area contributed by atoms with Crippen LogP contribution in [0.5, 0.6) is 0 Å². The topological polar surface area (TPSA) is 74.8 Å². The van der Waals surface area contributed by atoms with E-state index in [0.717, 1.165) is 0 Å². The van der Waals surface area contributed by atoms with Crippen molar-refractivity contribution in [3.8, 4) is 0 Å². The monoisotopic (exact) mass is 270 g/mol. The molecule has 0 aliphatic carbocycles. The van der Waals surface area contributed by atoms with Crippen molar-refractivity contribution in [3.63, 3.8) is 0 Å². The molecular weight excluding hydrogens is 252 g/mol. The van der Waals surface area contributed by atoms with Gasteiger partial charge in [0, 0.05) is 39.0 Å². The highest BCUT2D eigenvalue weighted by atomic mass is 32.2. The molecule has 96 valence electrons. The van der Waals surface area contributed by atoms with E-state index in [2.05, 4.69) is 0 Å². The predicted octanol–water partition coefficient (Wildman–Crippen LogP) is -1.39. The summed E-state index contributed by atoms with van der Waals surface area (Å²) in [5.41, 5.74) is 0. The van der Waals surface area contributed by atoms with Gasteiger partial charge in [-0.25, -0.2) is 16.8 Å². The number of hydrogen-bond donors (Lipinski definition) is 0. The maximum absolute atomic E-state index is 11.2. The normalized spacial score (nSPS) is 21.1. The molecule has 0 saturated carbocycles. The van der Waals surface area contributed by atoms with E-state index in [0.29, 0.717) is 32.7 Å². The number of piperazine rings is 1. The molecule has 1 fully saturated rings. The third-order valence-corrected chi connectivity index (χ3v) is 4.81. The summed E-state index contributed by atoms with van der Waals surface area (Å²) in [7, 11) is -6.04. The van der Waals surface area contributed by atoms with Gasteiger partial charge in [-0.3, -0.25) is 4.90 Å². The van der Waals surface area contributed by atoms with Crippen molar-refractivity contribution in [2.45, 2.75) is 0 Å². The summed E-state index contributed by atoms with van der Waals surface area (Å²) >= 11 is 0. The molecule has 0 amide bonds. The Morgan fingerprint density at radius 2 is 1.44 bits per heavy atom. The van der Waals surface area contributed by atoms with Crippen molar-refractivity contribution >= 4 is 19.9 Å². The van der Waals surface area contributed by atoms with Gasteiger partial charge in [0.05, 0.1) is 12.0 Å². The van der Waals surface area contributed by atoms with Crippen LogP contribution in [-0.2, 0) is 19.9 Å². The minimum atomic E-state index is -3.10. The van der Waals surface area contributed by atoms with Gasteiger partial charge >= 0.3 is 0 Å². The van der Waals surface area contributed by atoms with Gasteiger partial charge in [-0.05, 0) is 0 Å². The maximum Gasteiger partial charge on any atom is 0.211 e. The Morgan fingerprint density at radius 1 is 0.938 bits per heavy atom. The highest BCUT2D eigenvalue weighted by molar-refractivity contribution is 7.90. The number of nitrogens with zero attached hydrogens (tertiary/aromatic N) is 2. The molecule has 0 aromatic carbocycles. The number of sulfone groups is 1. The van der Waals surface area contributed by atoms with Crippen LogP contribution in [0.3, 0.4) is 0 Å². The first-order valence-corrected chi connectivity index (χ1v) is 8.94. The highest BCUT2D eigenvalue weighted by Crippen LogP contribution is 2.05. The van der Waals surface area contributed by atoms with Crippen molar-refractivity contribution in [1.29, 1.82) is 0 Å². The van der Waals surface area contributed by atoms with Crippen LogP contribution in [0.4, 0.5) is 0 Å². The molecule has 0 aromatic rings. The van der Waals surface area contributed by atoms with Crippen molar-refractivity contribution in [3.05, 3.63) is 0 Å². The zero-order chi connectivity index (χ0) is 12.4. The molecule has 1 saturated heterocycles. The summed E-state index contributed by atoms with van der Waals surface area (Å²) < 4.78 is 45.8. The van der Waals surface area contributed by atoms with Gasteiger partial charge in [-0.15, -0.1) is 0 Å². The Bertz CT molecular complexity index is 421. The first-order chi connectivity index (χ1) is 7.18. The quantitative estimate of drug-likeness (QED) is 0.628. The molecule has 6 nitrogen and oxygen atoms in total. The summed E-state index contributed by atoms with van der Waals surface area (Å²) in [6.07, 6.45) is 2.40. The van der Waals surface area contributed by atoms with E-state index in [9.17, 15) is 16.8 Å². The lowest BCUT2D eigenvalue weighted by atomic mass is 10.4. The zero-order valence-electron chi connectivity index (χ0n) is 9.59. The van der Waals surface area contributed by atoms with Crippen LogP contribution in [0.25, 0.3) is 0 Å². The third-order valence-electron chi connectivity index (χ3n) is 2.58. The van der Waals surface area contributed by atoms with E-state index in [1.54, 1.807) is 0 Å². The highest BCUT2D eigenvalue weighted by Gasteiger charge is 2.23. The van der Waals surface area contributed by atoms with Crippen LogP contribution in [0.2, 0.25) is 0 Å². The van der Waals surface area contributed by atoms with Crippen molar-refractivity contribution < 1.29 is 16.8 Å². The predicted molar refractivity (Wildman–Crippen MR) is 62.6 cm³/mol. The number of hydrogen-bond acceptors (Lipinski definition) is 5. The lowest BCUT2D eigenvalue weighted by molar-refractivity contribution is 0.197. The molecule has 1 heterocycles. The minimum absolute atomic E-state index is 0.131. The van der Waals surface area contributed by atoms with Crippen LogP contribution in [0.15, 0.2) is 0 Å². The van der Waals surface area contributed by atoms with Crippen LogP contribution in [0.1, 0.15) is 0 Å². The Labute approximate surface area is 97.2 Å². The molecule has 0 bridgehead atoms. The molecule has 0 radical (unpaired) electrons. The van der Waals surface area contributed by atoms with Crippen molar-refractivity contribution in [2.75, 3.05) is 51.0 Å². The van der Waals surface area contributed by atoms with Crippen LogP contribution in [-0.4, -0.2) is 77.0 Å². The average molecular weight is 270 g/mol. The van der Waals surface area contributed by atoms with Gasteiger partial charge in [-0.1, -0.05) is 0 Å². The smallest absolute Gasteiger partial charge is 0.211 e. The maximum atomic E-state index is 11.2. The fourth-order valence-corrected chi connectivity index (χ4v) is 3.00. The molecule has 1 aliphatic heterocycles. The molecule has 0 unspecified atom stereocenters. The van der Waals surface area contributed by atoms with Crippen LogP contribution in [0, 0.1) is 0 Å². The minimum Gasteiger partial charge on any atom is -0.300 e. The van der Waals surface area contributed by atoms with Gasteiger partial charge in [0.2, 0.25) is 10.0 Å². The van der Waals surface area contributed by atoms with Crippen LogP contribution >= 0.6 is 0 Å². The number of rotatable bonds is 4. The third kappa shape index (κ3) is 4.77. The molecule has 0 atom stereocenters. The molecule has 0 spiro atoms. The Balaban J connectivity index is 2.39. The van der Waals surface area contributed by atoms with Crippen molar-refractivity contribution in [2.24, 2.45) is 0 Å². The van der Waals surface area contributed by atoms with Gasteiger partial charge in [-0.2, -0.15) is 4.31 Å². The zero-order valence-corrected chi connectivity index (χ0v) is 11.2. The fourth-order valence-electron chi connectivity index (χ4n) is 1.58. The number of sulfonamides is 1.